The molecule has 2 aliphatic carbocycles. The van der Waals surface area contributed by atoms with Crippen molar-refractivity contribution >= 4 is 5.97 Å². The Morgan fingerprint density at radius 2 is 1.89 bits per heavy atom. The molecule has 0 saturated heterocycles. The van der Waals surface area contributed by atoms with Gasteiger partial charge < -0.3 is 0 Å². The summed E-state index contributed by atoms with van der Waals surface area (Å²) in [5.74, 6) is 1.47. The SMILES string of the molecule is COOC(=O)C1CC1CCCCCC1CC1(C)C. The van der Waals surface area contributed by atoms with Crippen LogP contribution in [0.2, 0.25) is 0 Å². The Balaban J connectivity index is 1.44. The molecule has 2 rings (SSSR count). The average molecular weight is 254 g/mol. The van der Waals surface area contributed by atoms with Crippen molar-refractivity contribution in [2.24, 2.45) is 23.2 Å². The van der Waals surface area contributed by atoms with E-state index >= 15 is 0 Å². The first-order valence-electron chi connectivity index (χ1n) is 7.29. The van der Waals surface area contributed by atoms with Gasteiger partial charge in [0.1, 0.15) is 0 Å². The molecule has 2 fully saturated rings. The van der Waals surface area contributed by atoms with Gasteiger partial charge in [0.05, 0.1) is 13.0 Å². The number of hydrogen-bond acceptors (Lipinski definition) is 3. The number of rotatable bonds is 8. The van der Waals surface area contributed by atoms with Crippen LogP contribution in [0.1, 0.15) is 58.8 Å². The van der Waals surface area contributed by atoms with Gasteiger partial charge in [-0.3, -0.25) is 4.89 Å². The van der Waals surface area contributed by atoms with Crippen LogP contribution < -0.4 is 0 Å². The minimum absolute atomic E-state index is 0.118. The third-order valence-electron chi connectivity index (χ3n) is 4.74. The predicted octanol–water partition coefficient (Wildman–Crippen LogP) is 3.72. The molecule has 0 aliphatic heterocycles. The highest BCUT2D eigenvalue weighted by atomic mass is 17.2. The Morgan fingerprint density at radius 1 is 1.22 bits per heavy atom. The average Bonchev–Trinajstić information content (AvgIpc) is 3.17. The summed E-state index contributed by atoms with van der Waals surface area (Å²) in [6.07, 6.45) is 8.92. The van der Waals surface area contributed by atoms with E-state index in [1.807, 2.05) is 0 Å². The number of hydrogen-bond donors (Lipinski definition) is 0. The fourth-order valence-electron chi connectivity index (χ4n) is 3.04. The van der Waals surface area contributed by atoms with E-state index in [4.69, 9.17) is 0 Å². The van der Waals surface area contributed by atoms with Gasteiger partial charge in [0.25, 0.3) is 0 Å². The maximum absolute atomic E-state index is 11.3. The molecule has 0 heterocycles. The smallest absolute Gasteiger partial charge is 0.298 e. The van der Waals surface area contributed by atoms with E-state index in [0.29, 0.717) is 11.3 Å². The standard InChI is InChI=1S/C15H26O3/c1-15(2)10-12(15)8-6-4-5-7-11-9-13(11)14(16)18-17-3/h11-13H,4-10H2,1-3H3. The molecule has 2 saturated carbocycles. The monoisotopic (exact) mass is 254 g/mol. The molecular weight excluding hydrogens is 228 g/mol. The zero-order valence-electron chi connectivity index (χ0n) is 11.9. The van der Waals surface area contributed by atoms with Crippen molar-refractivity contribution in [2.45, 2.75) is 58.8 Å². The van der Waals surface area contributed by atoms with Gasteiger partial charge in [-0.05, 0) is 42.9 Å². The molecule has 0 spiro atoms. The van der Waals surface area contributed by atoms with Crippen molar-refractivity contribution < 1.29 is 14.6 Å². The minimum atomic E-state index is -0.178. The molecule has 0 aromatic rings. The quantitative estimate of drug-likeness (QED) is 0.376. The molecule has 0 radical (unpaired) electrons. The van der Waals surface area contributed by atoms with E-state index in [-0.39, 0.29) is 11.9 Å². The summed E-state index contributed by atoms with van der Waals surface area (Å²) in [5.41, 5.74) is 0.630. The first kappa shape index (κ1) is 13.9. The van der Waals surface area contributed by atoms with E-state index in [1.54, 1.807) is 0 Å². The van der Waals surface area contributed by atoms with Crippen LogP contribution in [-0.4, -0.2) is 13.1 Å². The molecule has 0 amide bonds. The van der Waals surface area contributed by atoms with Gasteiger partial charge in [-0.2, -0.15) is 4.89 Å². The Kier molecular flexibility index (Phi) is 4.31. The minimum Gasteiger partial charge on any atom is -0.298 e. The normalized spacial score (nSPS) is 32.1. The summed E-state index contributed by atoms with van der Waals surface area (Å²) >= 11 is 0. The van der Waals surface area contributed by atoms with Crippen LogP contribution in [0.4, 0.5) is 0 Å². The molecular formula is C15H26O3. The van der Waals surface area contributed by atoms with Crippen LogP contribution >= 0.6 is 0 Å². The first-order chi connectivity index (χ1) is 8.54. The highest BCUT2D eigenvalue weighted by molar-refractivity contribution is 5.75. The zero-order chi connectivity index (χ0) is 13.2. The van der Waals surface area contributed by atoms with Gasteiger partial charge in [0, 0.05) is 0 Å². The van der Waals surface area contributed by atoms with Gasteiger partial charge in [-0.1, -0.05) is 33.1 Å². The fourth-order valence-corrected chi connectivity index (χ4v) is 3.04. The highest BCUT2D eigenvalue weighted by Gasteiger charge is 2.45. The number of carbonyl (C=O) groups is 1. The van der Waals surface area contributed by atoms with Gasteiger partial charge in [-0.25, -0.2) is 4.79 Å². The Labute approximate surface area is 110 Å². The topological polar surface area (TPSA) is 35.5 Å². The molecule has 2 aliphatic rings. The Hall–Kier alpha value is -0.570. The van der Waals surface area contributed by atoms with Crippen molar-refractivity contribution in [1.82, 2.24) is 0 Å². The molecule has 0 aromatic carbocycles. The summed E-state index contributed by atoms with van der Waals surface area (Å²) in [7, 11) is 1.38. The Morgan fingerprint density at radius 3 is 2.50 bits per heavy atom. The fraction of sp³-hybridized carbons (Fsp3) is 0.933. The Bertz CT molecular complexity index is 298. The van der Waals surface area contributed by atoms with Crippen LogP contribution in [0.5, 0.6) is 0 Å². The summed E-state index contributed by atoms with van der Waals surface area (Å²) in [6, 6.07) is 0. The largest absolute Gasteiger partial charge is 0.345 e. The number of carbonyl (C=O) groups excluding carboxylic acids is 1. The molecule has 104 valence electrons. The van der Waals surface area contributed by atoms with Crippen LogP contribution in [0, 0.1) is 23.2 Å². The summed E-state index contributed by atoms with van der Waals surface area (Å²) in [6.45, 7) is 4.74. The van der Waals surface area contributed by atoms with Crippen LogP contribution in [0.15, 0.2) is 0 Å². The lowest BCUT2D eigenvalue weighted by molar-refractivity contribution is -0.256. The summed E-state index contributed by atoms with van der Waals surface area (Å²) < 4.78 is 0. The van der Waals surface area contributed by atoms with Crippen LogP contribution in [0.3, 0.4) is 0 Å². The third-order valence-corrected chi connectivity index (χ3v) is 4.74. The summed E-state index contributed by atoms with van der Waals surface area (Å²) in [4.78, 5) is 20.3. The lowest BCUT2D eigenvalue weighted by atomic mass is 10.0. The molecule has 3 heteroatoms. The molecule has 18 heavy (non-hydrogen) atoms. The number of unbranched alkanes of at least 4 members (excludes halogenated alkanes) is 2. The highest BCUT2D eigenvalue weighted by Crippen LogP contribution is 2.54. The molecule has 3 nitrogen and oxygen atoms in total. The second-order valence-corrected chi connectivity index (χ2v) is 6.70. The van der Waals surface area contributed by atoms with Crippen LogP contribution in [-0.2, 0) is 14.6 Å². The van der Waals surface area contributed by atoms with E-state index < -0.39 is 0 Å². The third kappa shape index (κ3) is 3.71. The molecule has 0 bridgehead atoms. The first-order valence-corrected chi connectivity index (χ1v) is 7.29. The van der Waals surface area contributed by atoms with Gasteiger partial charge in [-0.15, -0.1) is 0 Å². The van der Waals surface area contributed by atoms with Crippen molar-refractivity contribution in [3.05, 3.63) is 0 Å². The molecule has 3 unspecified atom stereocenters. The van der Waals surface area contributed by atoms with Crippen molar-refractivity contribution in [1.29, 1.82) is 0 Å². The van der Waals surface area contributed by atoms with Gasteiger partial charge in [0.2, 0.25) is 0 Å². The zero-order valence-corrected chi connectivity index (χ0v) is 11.9. The maximum Gasteiger partial charge on any atom is 0.345 e. The second-order valence-electron chi connectivity index (χ2n) is 6.70. The van der Waals surface area contributed by atoms with Crippen molar-refractivity contribution in [3.8, 4) is 0 Å². The maximum atomic E-state index is 11.3. The lowest BCUT2D eigenvalue weighted by Crippen LogP contribution is -2.07. The molecule has 0 aromatic heterocycles. The van der Waals surface area contributed by atoms with Crippen LogP contribution in [0.25, 0.3) is 0 Å². The second kappa shape index (κ2) is 5.60. The van der Waals surface area contributed by atoms with Crippen molar-refractivity contribution in [2.75, 3.05) is 7.11 Å². The van der Waals surface area contributed by atoms with Gasteiger partial charge >= 0.3 is 5.97 Å². The predicted molar refractivity (Wildman–Crippen MR) is 69.7 cm³/mol. The van der Waals surface area contributed by atoms with E-state index in [0.717, 1.165) is 12.3 Å². The van der Waals surface area contributed by atoms with E-state index in [9.17, 15) is 4.79 Å². The molecule has 3 atom stereocenters. The van der Waals surface area contributed by atoms with E-state index in [2.05, 4.69) is 23.6 Å². The molecule has 0 N–H and O–H groups in total. The van der Waals surface area contributed by atoms with Gasteiger partial charge in [0.15, 0.2) is 0 Å². The van der Waals surface area contributed by atoms with E-state index in [1.165, 1.54) is 45.6 Å². The summed E-state index contributed by atoms with van der Waals surface area (Å²) in [5, 5.41) is 0. The van der Waals surface area contributed by atoms with Crippen molar-refractivity contribution in [3.63, 3.8) is 0 Å². The lowest BCUT2D eigenvalue weighted by Gasteiger charge is -2.03.